The molecular formula is C36H30FN3O5. The van der Waals surface area contributed by atoms with E-state index in [1.54, 1.807) is 18.3 Å². The summed E-state index contributed by atoms with van der Waals surface area (Å²) in [6, 6.07) is 27.9. The normalized spacial score (nSPS) is 12.5. The number of unbranched alkanes of at least 4 members (excludes halogenated alkanes) is 1. The molecule has 0 spiro atoms. The molecule has 0 atom stereocenters. The average molecular weight is 604 g/mol. The summed E-state index contributed by atoms with van der Waals surface area (Å²) in [7, 11) is 0. The Morgan fingerprint density at radius 1 is 0.844 bits per heavy atom. The van der Waals surface area contributed by atoms with E-state index in [-0.39, 0.29) is 34.7 Å². The van der Waals surface area contributed by atoms with Gasteiger partial charge >= 0.3 is 6.09 Å². The topological polar surface area (TPSA) is 97.8 Å². The minimum absolute atomic E-state index is 0.0541. The SMILES string of the molecule is CCCCNC(=O)Oc1c2c(c(OC(c3ccccc3)c3ccccc3)c3ncccc13)C(=O)N(Cc1ccc(F)cc1)C2=O. The third-order valence-corrected chi connectivity index (χ3v) is 7.58. The highest BCUT2D eigenvalue weighted by atomic mass is 19.1. The molecule has 0 saturated carbocycles. The smallest absolute Gasteiger partial charge is 0.412 e. The lowest BCUT2D eigenvalue weighted by Gasteiger charge is -2.23. The monoisotopic (exact) mass is 603 g/mol. The summed E-state index contributed by atoms with van der Waals surface area (Å²) in [5.41, 5.74) is 2.29. The second kappa shape index (κ2) is 13.0. The van der Waals surface area contributed by atoms with Crippen LogP contribution in [0.15, 0.2) is 103 Å². The zero-order chi connectivity index (χ0) is 31.3. The number of carbonyl (C=O) groups is 3. The lowest BCUT2D eigenvalue weighted by atomic mass is 9.99. The predicted molar refractivity (Wildman–Crippen MR) is 167 cm³/mol. The third kappa shape index (κ3) is 5.97. The first-order valence-electron chi connectivity index (χ1n) is 14.7. The van der Waals surface area contributed by atoms with Crippen LogP contribution < -0.4 is 14.8 Å². The molecule has 0 saturated heterocycles. The number of nitrogens with zero attached hydrogens (tertiary/aromatic N) is 2. The largest absolute Gasteiger partial charge is 0.478 e. The lowest BCUT2D eigenvalue weighted by Crippen LogP contribution is -2.30. The molecule has 0 radical (unpaired) electrons. The van der Waals surface area contributed by atoms with Gasteiger partial charge in [0.2, 0.25) is 0 Å². The Hall–Kier alpha value is -5.57. The van der Waals surface area contributed by atoms with Crippen LogP contribution in [-0.2, 0) is 6.54 Å². The highest BCUT2D eigenvalue weighted by Gasteiger charge is 2.44. The van der Waals surface area contributed by atoms with Crippen LogP contribution >= 0.6 is 0 Å². The highest BCUT2D eigenvalue weighted by Crippen LogP contribution is 2.46. The zero-order valence-electron chi connectivity index (χ0n) is 24.5. The molecule has 2 heterocycles. The van der Waals surface area contributed by atoms with Crippen molar-refractivity contribution < 1.29 is 28.2 Å². The molecule has 1 aliphatic rings. The van der Waals surface area contributed by atoms with Gasteiger partial charge < -0.3 is 14.8 Å². The molecule has 45 heavy (non-hydrogen) atoms. The quantitative estimate of drug-likeness (QED) is 0.134. The third-order valence-electron chi connectivity index (χ3n) is 7.58. The van der Waals surface area contributed by atoms with Crippen LogP contribution in [0.25, 0.3) is 10.9 Å². The van der Waals surface area contributed by atoms with E-state index in [2.05, 4.69) is 10.3 Å². The van der Waals surface area contributed by atoms with E-state index in [4.69, 9.17) is 9.47 Å². The average Bonchev–Trinajstić information content (AvgIpc) is 3.31. The van der Waals surface area contributed by atoms with Crippen molar-refractivity contribution in [1.29, 1.82) is 0 Å². The molecule has 0 unspecified atom stereocenters. The summed E-state index contributed by atoms with van der Waals surface area (Å²) in [6.07, 6.45) is 1.73. The molecule has 8 nitrogen and oxygen atoms in total. The minimum atomic E-state index is -0.756. The van der Waals surface area contributed by atoms with Crippen molar-refractivity contribution in [1.82, 2.24) is 15.2 Å². The van der Waals surface area contributed by atoms with E-state index in [0.717, 1.165) is 28.9 Å². The molecule has 5 aromatic rings. The predicted octanol–water partition coefficient (Wildman–Crippen LogP) is 7.23. The summed E-state index contributed by atoms with van der Waals surface area (Å²) in [4.78, 5) is 46.9. The fourth-order valence-corrected chi connectivity index (χ4v) is 5.35. The molecule has 1 aromatic heterocycles. The maximum Gasteiger partial charge on any atom is 0.412 e. The Morgan fingerprint density at radius 2 is 1.47 bits per heavy atom. The summed E-state index contributed by atoms with van der Waals surface area (Å²) in [6.45, 7) is 2.25. The van der Waals surface area contributed by atoms with E-state index in [1.807, 2.05) is 67.6 Å². The number of fused-ring (bicyclic) bond motifs is 2. The van der Waals surface area contributed by atoms with Crippen molar-refractivity contribution in [3.05, 3.63) is 137 Å². The summed E-state index contributed by atoms with van der Waals surface area (Å²) in [5.74, 6) is -1.73. The van der Waals surface area contributed by atoms with Gasteiger partial charge in [0.1, 0.15) is 28.6 Å². The number of aromatic nitrogens is 1. The van der Waals surface area contributed by atoms with E-state index in [9.17, 15) is 18.8 Å². The minimum Gasteiger partial charge on any atom is -0.478 e. The molecule has 6 rings (SSSR count). The van der Waals surface area contributed by atoms with Crippen molar-refractivity contribution in [3.63, 3.8) is 0 Å². The Bertz CT molecular complexity index is 1820. The second-order valence-corrected chi connectivity index (χ2v) is 10.6. The van der Waals surface area contributed by atoms with E-state index in [0.29, 0.717) is 17.5 Å². The second-order valence-electron chi connectivity index (χ2n) is 10.6. The summed E-state index contributed by atoms with van der Waals surface area (Å²) in [5, 5.41) is 3.04. The van der Waals surface area contributed by atoms with Gasteiger partial charge in [-0.05, 0) is 47.4 Å². The van der Waals surface area contributed by atoms with Gasteiger partial charge in [-0.3, -0.25) is 19.5 Å². The molecule has 4 aromatic carbocycles. The Labute approximate surface area is 259 Å². The number of carbonyl (C=O) groups excluding carboxylic acids is 3. The van der Waals surface area contributed by atoms with Crippen LogP contribution in [-0.4, -0.2) is 34.3 Å². The summed E-state index contributed by atoms with van der Waals surface area (Å²) >= 11 is 0. The van der Waals surface area contributed by atoms with Gasteiger partial charge in [0, 0.05) is 18.1 Å². The van der Waals surface area contributed by atoms with Gasteiger partial charge in [0.25, 0.3) is 11.8 Å². The van der Waals surface area contributed by atoms with Gasteiger partial charge in [-0.15, -0.1) is 0 Å². The first kappa shape index (κ1) is 29.5. The zero-order valence-corrected chi connectivity index (χ0v) is 24.5. The number of amides is 3. The van der Waals surface area contributed by atoms with Gasteiger partial charge in [0.15, 0.2) is 11.5 Å². The number of hydrogen-bond acceptors (Lipinski definition) is 6. The van der Waals surface area contributed by atoms with E-state index < -0.39 is 29.8 Å². The molecule has 1 N–H and O–H groups in total. The number of halogens is 1. The molecule has 0 aliphatic carbocycles. The molecule has 0 fully saturated rings. The Morgan fingerprint density at radius 3 is 2.09 bits per heavy atom. The van der Waals surface area contributed by atoms with Crippen molar-refractivity contribution in [2.45, 2.75) is 32.4 Å². The molecule has 1 aliphatic heterocycles. The molecule has 226 valence electrons. The van der Waals surface area contributed by atoms with Crippen LogP contribution in [0.2, 0.25) is 0 Å². The van der Waals surface area contributed by atoms with Crippen LogP contribution in [0.5, 0.6) is 11.5 Å². The summed E-state index contributed by atoms with van der Waals surface area (Å²) < 4.78 is 26.2. The van der Waals surface area contributed by atoms with E-state index >= 15 is 0 Å². The first-order valence-corrected chi connectivity index (χ1v) is 14.7. The fourth-order valence-electron chi connectivity index (χ4n) is 5.35. The van der Waals surface area contributed by atoms with Gasteiger partial charge in [-0.2, -0.15) is 0 Å². The number of hydrogen-bond donors (Lipinski definition) is 1. The van der Waals surface area contributed by atoms with Crippen LogP contribution in [0, 0.1) is 5.82 Å². The molecular weight excluding hydrogens is 573 g/mol. The van der Waals surface area contributed by atoms with Crippen LogP contribution in [0.1, 0.15) is 63.3 Å². The maximum atomic E-state index is 14.2. The standard InChI is InChI=1S/C36H30FN3O5/c1-2-3-20-39-36(43)45-32-27-15-10-21-38-30(27)33(44-31(24-11-6-4-7-12-24)25-13-8-5-9-14-25)29-28(32)34(41)40(35(29)42)22-23-16-18-26(37)19-17-23/h4-19,21,31H,2-3,20,22H2,1H3,(H,39,43). The van der Waals surface area contributed by atoms with Crippen molar-refractivity contribution in [2.75, 3.05) is 6.54 Å². The van der Waals surface area contributed by atoms with Crippen molar-refractivity contribution in [2.24, 2.45) is 0 Å². The lowest BCUT2D eigenvalue weighted by molar-refractivity contribution is 0.0640. The van der Waals surface area contributed by atoms with Gasteiger partial charge in [-0.1, -0.05) is 86.1 Å². The number of imide groups is 1. The fraction of sp³-hybridized carbons (Fsp3) is 0.167. The number of rotatable bonds is 10. The number of pyridine rings is 1. The van der Waals surface area contributed by atoms with Crippen LogP contribution in [0.3, 0.4) is 0 Å². The van der Waals surface area contributed by atoms with Crippen LogP contribution in [0.4, 0.5) is 9.18 Å². The molecule has 9 heteroatoms. The first-order chi connectivity index (χ1) is 22.0. The number of nitrogens with one attached hydrogen (secondary N) is 1. The van der Waals surface area contributed by atoms with Gasteiger partial charge in [0.05, 0.1) is 6.54 Å². The molecule has 0 bridgehead atoms. The molecule has 3 amide bonds. The van der Waals surface area contributed by atoms with E-state index in [1.165, 1.54) is 24.3 Å². The maximum absolute atomic E-state index is 14.2. The van der Waals surface area contributed by atoms with Gasteiger partial charge in [-0.25, -0.2) is 9.18 Å². The Kier molecular flexibility index (Phi) is 8.50. The van der Waals surface area contributed by atoms with Crippen molar-refractivity contribution in [3.8, 4) is 11.5 Å². The van der Waals surface area contributed by atoms with Crippen molar-refractivity contribution >= 4 is 28.8 Å². The number of ether oxygens (including phenoxy) is 2. The highest BCUT2D eigenvalue weighted by molar-refractivity contribution is 6.27. The number of benzene rings is 4. The Balaban J connectivity index is 1.53.